The van der Waals surface area contributed by atoms with Crippen LogP contribution >= 0.6 is 11.6 Å². The van der Waals surface area contributed by atoms with Crippen molar-refractivity contribution in [3.8, 4) is 0 Å². The van der Waals surface area contributed by atoms with E-state index in [0.29, 0.717) is 0 Å². The lowest BCUT2D eigenvalue weighted by atomic mass is 10.1. The molecule has 3 nitrogen and oxygen atoms in total. The first-order valence-electron chi connectivity index (χ1n) is 3.68. The summed E-state index contributed by atoms with van der Waals surface area (Å²) in [7, 11) is 0. The minimum atomic E-state index is -1.17. The molecule has 2 N–H and O–H groups in total. The summed E-state index contributed by atoms with van der Waals surface area (Å²) in [4.78, 5) is 3.31. The topological polar surface area (TPSA) is 53.4 Å². The molecule has 0 aliphatic rings. The van der Waals surface area contributed by atoms with Crippen molar-refractivity contribution < 1.29 is 14.6 Å². The van der Waals surface area contributed by atoms with Crippen LogP contribution in [0.4, 0.5) is 4.39 Å². The predicted molar refractivity (Wildman–Crippen MR) is 45.9 cm³/mol. The van der Waals surface area contributed by atoms with Gasteiger partial charge in [-0.05, 0) is 17.7 Å². The molecule has 72 valence electrons. The van der Waals surface area contributed by atoms with E-state index in [4.69, 9.17) is 16.7 Å². The Kier molecular flexibility index (Phi) is 3.59. The van der Waals surface area contributed by atoms with E-state index in [1.165, 1.54) is 12.3 Å². The van der Waals surface area contributed by atoms with Crippen LogP contribution < -0.4 is 0 Å². The van der Waals surface area contributed by atoms with Gasteiger partial charge in [0, 0.05) is 6.20 Å². The van der Waals surface area contributed by atoms with E-state index < -0.39 is 18.2 Å². The lowest BCUT2D eigenvalue weighted by molar-refractivity contribution is 0.0324. The average molecular weight is 206 g/mol. The summed E-state index contributed by atoms with van der Waals surface area (Å²) >= 11 is 5.32. The van der Waals surface area contributed by atoms with Crippen LogP contribution in [0.2, 0.25) is 0 Å². The predicted octanol–water partition coefficient (Wildman–Crippen LogP) is 0.854. The highest BCUT2D eigenvalue weighted by Gasteiger charge is 2.17. The van der Waals surface area contributed by atoms with Gasteiger partial charge in [0.15, 0.2) is 0 Å². The number of hydrogen-bond acceptors (Lipinski definition) is 3. The minimum Gasteiger partial charge on any atom is -0.389 e. The number of alkyl halides is 1. The van der Waals surface area contributed by atoms with Crippen LogP contribution in [0, 0.1) is 5.95 Å². The van der Waals surface area contributed by atoms with Crippen molar-refractivity contribution in [1.82, 2.24) is 4.98 Å². The maximum atomic E-state index is 12.6. The van der Waals surface area contributed by atoms with Gasteiger partial charge in [-0.1, -0.05) is 0 Å². The van der Waals surface area contributed by atoms with Gasteiger partial charge in [-0.25, -0.2) is 4.98 Å². The summed E-state index contributed by atoms with van der Waals surface area (Å²) in [5.41, 5.74) is 0.264. The highest BCUT2D eigenvalue weighted by atomic mass is 35.5. The molecular weight excluding hydrogens is 197 g/mol. The van der Waals surface area contributed by atoms with Gasteiger partial charge < -0.3 is 10.2 Å². The Bertz CT molecular complexity index is 285. The van der Waals surface area contributed by atoms with Gasteiger partial charge in [0.25, 0.3) is 0 Å². The Morgan fingerprint density at radius 3 is 2.77 bits per heavy atom. The van der Waals surface area contributed by atoms with Crippen molar-refractivity contribution in [1.29, 1.82) is 0 Å². The van der Waals surface area contributed by atoms with Crippen molar-refractivity contribution in [3.05, 3.63) is 29.8 Å². The van der Waals surface area contributed by atoms with Crippen LogP contribution in [0.3, 0.4) is 0 Å². The molecular formula is C8H9ClFNO2. The fourth-order valence-corrected chi connectivity index (χ4v) is 1.08. The first-order chi connectivity index (χ1) is 6.15. The lowest BCUT2D eigenvalue weighted by Gasteiger charge is -2.14. The molecule has 1 rings (SSSR count). The molecule has 0 amide bonds. The fraction of sp³-hybridized carbons (Fsp3) is 0.375. The van der Waals surface area contributed by atoms with E-state index in [9.17, 15) is 9.50 Å². The quantitative estimate of drug-likeness (QED) is 0.568. The molecule has 0 aromatic carbocycles. The normalized spacial score (nSPS) is 15.4. The van der Waals surface area contributed by atoms with E-state index >= 15 is 0 Å². The second-order valence-electron chi connectivity index (χ2n) is 2.58. The van der Waals surface area contributed by atoms with Gasteiger partial charge in [-0.3, -0.25) is 0 Å². The molecule has 0 bridgehead atoms. The maximum absolute atomic E-state index is 12.6. The Labute approximate surface area is 79.8 Å². The van der Waals surface area contributed by atoms with E-state index in [1.54, 1.807) is 0 Å². The lowest BCUT2D eigenvalue weighted by Crippen LogP contribution is -2.19. The van der Waals surface area contributed by atoms with Crippen molar-refractivity contribution in [2.75, 3.05) is 5.88 Å². The molecule has 1 aromatic heterocycles. The third-order valence-corrected chi connectivity index (χ3v) is 1.93. The van der Waals surface area contributed by atoms with Gasteiger partial charge in [0.1, 0.15) is 6.10 Å². The standard InChI is InChI=1S/C8H9ClFNO2/c9-4-6(12)8(13)5-1-2-11-7(10)3-5/h1-3,6,8,12-13H,4H2. The van der Waals surface area contributed by atoms with E-state index in [1.807, 2.05) is 0 Å². The van der Waals surface area contributed by atoms with E-state index in [2.05, 4.69) is 4.98 Å². The number of aliphatic hydroxyl groups excluding tert-OH is 2. The highest BCUT2D eigenvalue weighted by Crippen LogP contribution is 2.17. The summed E-state index contributed by atoms with van der Waals surface area (Å²) in [6.07, 6.45) is -1.05. The van der Waals surface area contributed by atoms with Crippen LogP contribution in [0.25, 0.3) is 0 Å². The van der Waals surface area contributed by atoms with Crippen LogP contribution in [-0.4, -0.2) is 27.2 Å². The fourth-order valence-electron chi connectivity index (χ4n) is 0.908. The molecule has 13 heavy (non-hydrogen) atoms. The first-order valence-corrected chi connectivity index (χ1v) is 4.22. The van der Waals surface area contributed by atoms with Gasteiger partial charge in [-0.15, -0.1) is 11.6 Å². The SMILES string of the molecule is OC(CCl)C(O)c1ccnc(F)c1. The number of nitrogens with zero attached hydrogens (tertiary/aromatic N) is 1. The van der Waals surface area contributed by atoms with Crippen molar-refractivity contribution in [2.45, 2.75) is 12.2 Å². The summed E-state index contributed by atoms with van der Waals surface area (Å²) in [5.74, 6) is -0.802. The molecule has 0 aliphatic heterocycles. The van der Waals surface area contributed by atoms with Crippen LogP contribution in [0.15, 0.2) is 18.3 Å². The van der Waals surface area contributed by atoms with E-state index in [-0.39, 0.29) is 11.4 Å². The minimum absolute atomic E-state index is 0.106. The second kappa shape index (κ2) is 4.50. The third kappa shape index (κ3) is 2.62. The molecule has 0 radical (unpaired) electrons. The smallest absolute Gasteiger partial charge is 0.213 e. The molecule has 0 fully saturated rings. The number of aromatic nitrogens is 1. The molecule has 0 saturated heterocycles. The van der Waals surface area contributed by atoms with Crippen molar-refractivity contribution in [3.63, 3.8) is 0 Å². The number of pyridine rings is 1. The number of halogens is 2. The molecule has 0 saturated carbocycles. The molecule has 1 aromatic rings. The Hall–Kier alpha value is -0.710. The van der Waals surface area contributed by atoms with Crippen molar-refractivity contribution >= 4 is 11.6 Å². The Balaban J connectivity index is 2.82. The molecule has 0 spiro atoms. The van der Waals surface area contributed by atoms with Gasteiger partial charge in [-0.2, -0.15) is 4.39 Å². The zero-order chi connectivity index (χ0) is 9.84. The summed E-state index contributed by atoms with van der Waals surface area (Å²) in [6, 6.07) is 2.48. The van der Waals surface area contributed by atoms with Crippen LogP contribution in [-0.2, 0) is 0 Å². The average Bonchev–Trinajstić information content (AvgIpc) is 2.15. The molecule has 2 atom stereocenters. The number of aliphatic hydroxyl groups is 2. The number of hydrogen-bond donors (Lipinski definition) is 2. The van der Waals surface area contributed by atoms with Crippen LogP contribution in [0.1, 0.15) is 11.7 Å². The van der Waals surface area contributed by atoms with E-state index in [0.717, 1.165) is 6.07 Å². The summed E-state index contributed by atoms with van der Waals surface area (Å²) in [5, 5.41) is 18.5. The zero-order valence-electron chi connectivity index (χ0n) is 6.69. The molecule has 1 heterocycles. The molecule has 2 unspecified atom stereocenters. The number of rotatable bonds is 3. The Morgan fingerprint density at radius 1 is 1.54 bits per heavy atom. The first kappa shape index (κ1) is 10.4. The summed E-state index contributed by atoms with van der Waals surface area (Å²) in [6.45, 7) is 0. The largest absolute Gasteiger partial charge is 0.389 e. The second-order valence-corrected chi connectivity index (χ2v) is 2.89. The van der Waals surface area contributed by atoms with Gasteiger partial charge in [0.2, 0.25) is 5.95 Å². The van der Waals surface area contributed by atoms with Gasteiger partial charge in [0.05, 0.1) is 12.0 Å². The third-order valence-electron chi connectivity index (χ3n) is 1.61. The molecule has 0 aliphatic carbocycles. The zero-order valence-corrected chi connectivity index (χ0v) is 7.45. The Morgan fingerprint density at radius 2 is 2.23 bits per heavy atom. The van der Waals surface area contributed by atoms with Crippen molar-refractivity contribution in [2.24, 2.45) is 0 Å². The highest BCUT2D eigenvalue weighted by molar-refractivity contribution is 6.18. The van der Waals surface area contributed by atoms with Crippen LogP contribution in [0.5, 0.6) is 0 Å². The monoisotopic (exact) mass is 205 g/mol. The molecule has 5 heteroatoms. The summed E-state index contributed by atoms with van der Waals surface area (Å²) < 4.78 is 12.6. The van der Waals surface area contributed by atoms with Gasteiger partial charge >= 0.3 is 0 Å². The maximum Gasteiger partial charge on any atom is 0.213 e.